The van der Waals surface area contributed by atoms with E-state index in [4.69, 9.17) is 0 Å². The first-order chi connectivity index (χ1) is 11.6. The van der Waals surface area contributed by atoms with Crippen molar-refractivity contribution < 1.29 is 9.90 Å². The first kappa shape index (κ1) is 17.3. The highest BCUT2D eigenvalue weighted by molar-refractivity contribution is 5.79. The number of carbonyl (C=O) groups excluding carboxylic acids is 1. The van der Waals surface area contributed by atoms with E-state index < -0.39 is 0 Å². The monoisotopic (exact) mass is 330 g/mol. The van der Waals surface area contributed by atoms with Crippen LogP contribution in [0.25, 0.3) is 0 Å². The van der Waals surface area contributed by atoms with Crippen LogP contribution in [-0.4, -0.2) is 41.1 Å². The summed E-state index contributed by atoms with van der Waals surface area (Å²) in [5.74, 6) is 1.02. The summed E-state index contributed by atoms with van der Waals surface area (Å²) in [5, 5.41) is 13.0. The van der Waals surface area contributed by atoms with E-state index in [2.05, 4.69) is 17.1 Å². The summed E-state index contributed by atoms with van der Waals surface area (Å²) < 4.78 is 0. The molecule has 132 valence electrons. The van der Waals surface area contributed by atoms with E-state index >= 15 is 0 Å². The van der Waals surface area contributed by atoms with Gasteiger partial charge >= 0.3 is 0 Å². The van der Waals surface area contributed by atoms with Gasteiger partial charge < -0.3 is 15.3 Å². The lowest BCUT2D eigenvalue weighted by Crippen LogP contribution is -2.41. The SMILES string of the molecule is C[C@@H](CCc1ccc(O)cc1)N[C@@H]1CCN(C(=O)C2CCCC2)C1. The van der Waals surface area contributed by atoms with E-state index in [1.54, 1.807) is 12.1 Å². The Morgan fingerprint density at radius 3 is 2.67 bits per heavy atom. The number of hydrogen-bond acceptors (Lipinski definition) is 3. The minimum absolute atomic E-state index is 0.302. The zero-order chi connectivity index (χ0) is 16.9. The number of nitrogens with zero attached hydrogens (tertiary/aromatic N) is 1. The Kier molecular flexibility index (Phi) is 5.77. The van der Waals surface area contributed by atoms with Crippen molar-refractivity contribution >= 4 is 5.91 Å². The maximum absolute atomic E-state index is 12.5. The molecule has 1 aromatic carbocycles. The van der Waals surface area contributed by atoms with Gasteiger partial charge in [0.05, 0.1) is 0 Å². The average Bonchev–Trinajstić information content (AvgIpc) is 3.25. The molecular weight excluding hydrogens is 300 g/mol. The van der Waals surface area contributed by atoms with Gasteiger partial charge in [-0.15, -0.1) is 0 Å². The van der Waals surface area contributed by atoms with Crippen molar-refractivity contribution in [1.82, 2.24) is 10.2 Å². The molecule has 2 aliphatic rings. The Morgan fingerprint density at radius 1 is 1.25 bits per heavy atom. The minimum Gasteiger partial charge on any atom is -0.508 e. The number of nitrogens with one attached hydrogen (secondary N) is 1. The fourth-order valence-electron chi connectivity index (χ4n) is 4.06. The van der Waals surface area contributed by atoms with Crippen molar-refractivity contribution in [2.45, 2.75) is 64.0 Å². The fourth-order valence-corrected chi connectivity index (χ4v) is 4.06. The van der Waals surface area contributed by atoms with Gasteiger partial charge in [-0.05, 0) is 56.7 Å². The van der Waals surface area contributed by atoms with Crippen LogP contribution in [0.5, 0.6) is 5.75 Å². The third-order valence-corrected chi connectivity index (χ3v) is 5.53. The number of phenols is 1. The number of amides is 1. The minimum atomic E-state index is 0.302. The molecule has 1 aliphatic carbocycles. The number of benzene rings is 1. The molecule has 1 saturated heterocycles. The third kappa shape index (κ3) is 4.50. The molecule has 0 spiro atoms. The molecule has 1 aromatic rings. The number of aromatic hydroxyl groups is 1. The van der Waals surface area contributed by atoms with E-state index in [0.717, 1.165) is 45.2 Å². The van der Waals surface area contributed by atoms with Crippen LogP contribution in [0.2, 0.25) is 0 Å². The molecule has 4 nitrogen and oxygen atoms in total. The molecule has 1 heterocycles. The van der Waals surface area contributed by atoms with Gasteiger partial charge in [-0.2, -0.15) is 0 Å². The van der Waals surface area contributed by atoms with Crippen molar-refractivity contribution in [3.8, 4) is 5.75 Å². The van der Waals surface area contributed by atoms with Crippen molar-refractivity contribution in [1.29, 1.82) is 0 Å². The summed E-state index contributed by atoms with van der Waals surface area (Å²) in [6, 6.07) is 8.34. The molecule has 1 saturated carbocycles. The highest BCUT2D eigenvalue weighted by Crippen LogP contribution is 2.28. The molecule has 0 radical (unpaired) electrons. The van der Waals surface area contributed by atoms with E-state index in [0.29, 0.717) is 29.7 Å². The van der Waals surface area contributed by atoms with Crippen molar-refractivity contribution in [3.05, 3.63) is 29.8 Å². The maximum atomic E-state index is 12.5. The Bertz CT molecular complexity index is 537. The molecule has 0 unspecified atom stereocenters. The Morgan fingerprint density at radius 2 is 1.96 bits per heavy atom. The van der Waals surface area contributed by atoms with Crippen LogP contribution < -0.4 is 5.32 Å². The second kappa shape index (κ2) is 8.02. The predicted octanol–water partition coefficient (Wildman–Crippen LogP) is 3.09. The van der Waals surface area contributed by atoms with E-state index in [1.807, 2.05) is 12.1 Å². The van der Waals surface area contributed by atoms with Gasteiger partial charge in [0, 0.05) is 31.1 Å². The molecule has 0 aromatic heterocycles. The molecule has 2 N–H and O–H groups in total. The van der Waals surface area contributed by atoms with Crippen LogP contribution in [-0.2, 0) is 11.2 Å². The zero-order valence-corrected chi connectivity index (χ0v) is 14.7. The summed E-state index contributed by atoms with van der Waals surface area (Å²) >= 11 is 0. The molecule has 3 rings (SSSR count). The number of rotatable bonds is 6. The molecule has 1 amide bonds. The third-order valence-electron chi connectivity index (χ3n) is 5.53. The summed E-state index contributed by atoms with van der Waals surface area (Å²) in [5.41, 5.74) is 1.26. The summed E-state index contributed by atoms with van der Waals surface area (Å²) in [6.45, 7) is 4.01. The highest BCUT2D eigenvalue weighted by Gasteiger charge is 2.32. The molecule has 1 aliphatic heterocycles. The van der Waals surface area contributed by atoms with Gasteiger partial charge in [0.2, 0.25) is 5.91 Å². The van der Waals surface area contributed by atoms with Crippen molar-refractivity contribution in [2.24, 2.45) is 5.92 Å². The predicted molar refractivity (Wildman–Crippen MR) is 96.0 cm³/mol. The quantitative estimate of drug-likeness (QED) is 0.843. The highest BCUT2D eigenvalue weighted by atomic mass is 16.3. The second-order valence-electron chi connectivity index (χ2n) is 7.52. The number of carbonyl (C=O) groups is 1. The van der Waals surface area contributed by atoms with Gasteiger partial charge in [-0.1, -0.05) is 25.0 Å². The van der Waals surface area contributed by atoms with Crippen molar-refractivity contribution in [3.63, 3.8) is 0 Å². The van der Waals surface area contributed by atoms with Crippen LogP contribution in [0.4, 0.5) is 0 Å². The van der Waals surface area contributed by atoms with Crippen LogP contribution in [0, 0.1) is 5.92 Å². The molecule has 2 fully saturated rings. The van der Waals surface area contributed by atoms with Gasteiger partial charge in [0.25, 0.3) is 0 Å². The molecular formula is C20H30N2O2. The van der Waals surface area contributed by atoms with Crippen LogP contribution in [0.3, 0.4) is 0 Å². The van der Waals surface area contributed by atoms with Crippen LogP contribution >= 0.6 is 0 Å². The van der Waals surface area contributed by atoms with Gasteiger partial charge in [0.15, 0.2) is 0 Å². The molecule has 24 heavy (non-hydrogen) atoms. The normalized spacial score (nSPS) is 22.9. The summed E-state index contributed by atoms with van der Waals surface area (Å²) in [7, 11) is 0. The molecule has 0 bridgehead atoms. The van der Waals surface area contributed by atoms with E-state index in [-0.39, 0.29) is 0 Å². The number of likely N-dealkylation sites (tertiary alicyclic amines) is 1. The van der Waals surface area contributed by atoms with Gasteiger partial charge in [-0.25, -0.2) is 0 Å². The lowest BCUT2D eigenvalue weighted by Gasteiger charge is -2.22. The van der Waals surface area contributed by atoms with Crippen molar-refractivity contribution in [2.75, 3.05) is 13.1 Å². The Hall–Kier alpha value is -1.55. The number of phenolic OH excluding ortho intramolecular Hbond substituents is 1. The van der Waals surface area contributed by atoms with E-state index in [1.165, 1.54) is 18.4 Å². The largest absolute Gasteiger partial charge is 0.508 e. The second-order valence-corrected chi connectivity index (χ2v) is 7.52. The first-order valence-electron chi connectivity index (χ1n) is 9.44. The van der Waals surface area contributed by atoms with Gasteiger partial charge in [0.1, 0.15) is 5.75 Å². The lowest BCUT2D eigenvalue weighted by molar-refractivity contribution is -0.134. The number of hydrogen-bond donors (Lipinski definition) is 2. The maximum Gasteiger partial charge on any atom is 0.225 e. The Labute approximate surface area is 145 Å². The Balaban J connectivity index is 1.39. The molecule has 2 atom stereocenters. The van der Waals surface area contributed by atoms with Gasteiger partial charge in [-0.3, -0.25) is 4.79 Å². The summed E-state index contributed by atoms with van der Waals surface area (Å²) in [4.78, 5) is 14.6. The summed E-state index contributed by atoms with van der Waals surface area (Å²) in [6.07, 6.45) is 7.78. The van der Waals surface area contributed by atoms with Crippen LogP contribution in [0.1, 0.15) is 51.0 Å². The topological polar surface area (TPSA) is 52.6 Å². The average molecular weight is 330 g/mol. The zero-order valence-electron chi connectivity index (χ0n) is 14.7. The van der Waals surface area contributed by atoms with Crippen LogP contribution in [0.15, 0.2) is 24.3 Å². The molecule has 4 heteroatoms. The van der Waals surface area contributed by atoms with E-state index in [9.17, 15) is 9.90 Å². The standard InChI is InChI=1S/C20H30N2O2/c1-15(6-7-16-8-10-19(23)11-9-16)21-18-12-13-22(14-18)20(24)17-4-2-3-5-17/h8-11,15,17-18,21,23H,2-7,12-14H2,1H3/t15-,18+/m0/s1. The fraction of sp³-hybridized carbons (Fsp3) is 0.650. The number of aryl methyl sites for hydroxylation is 1. The lowest BCUT2D eigenvalue weighted by atomic mass is 10.1. The smallest absolute Gasteiger partial charge is 0.225 e. The first-order valence-corrected chi connectivity index (χ1v) is 9.44.